The van der Waals surface area contributed by atoms with Crippen molar-refractivity contribution in [1.29, 1.82) is 0 Å². The lowest BCUT2D eigenvalue weighted by atomic mass is 9.49. The van der Waals surface area contributed by atoms with Crippen LogP contribution >= 0.6 is 0 Å². The molecular formula is C23H32N2O3S. The van der Waals surface area contributed by atoms with Crippen LogP contribution in [-0.2, 0) is 14.8 Å². The third-order valence-corrected chi connectivity index (χ3v) is 9.85. The highest BCUT2D eigenvalue weighted by molar-refractivity contribution is 7.89. The second-order valence-electron chi connectivity index (χ2n) is 10.2. The van der Waals surface area contributed by atoms with Crippen LogP contribution in [0.4, 0.5) is 0 Å². The number of carbonyl (C=O) groups excluding carboxylic acids is 1. The number of nitrogens with zero attached hydrogens (tertiary/aromatic N) is 2. The molecule has 0 spiro atoms. The summed E-state index contributed by atoms with van der Waals surface area (Å²) in [5.41, 5.74) is 1.29. The lowest BCUT2D eigenvalue weighted by Crippen LogP contribution is -2.53. The standard InChI is InChI=1S/C23H32N2O3S/c1-17-2-4-21(5-3-17)29(27,28)25-8-6-24(7-9-25)22(26)16-23-13-18-10-19(14-23)12-20(11-18)15-23/h2-5,18-20H,6-16H2,1H3. The highest BCUT2D eigenvalue weighted by atomic mass is 32.2. The first-order valence-electron chi connectivity index (χ1n) is 11.2. The summed E-state index contributed by atoms with van der Waals surface area (Å²) in [6.07, 6.45) is 8.59. The molecule has 4 aliphatic carbocycles. The van der Waals surface area contributed by atoms with Crippen molar-refractivity contribution in [2.75, 3.05) is 26.2 Å². The van der Waals surface area contributed by atoms with E-state index in [4.69, 9.17) is 0 Å². The summed E-state index contributed by atoms with van der Waals surface area (Å²) in [4.78, 5) is 15.4. The molecule has 1 aliphatic heterocycles. The second kappa shape index (κ2) is 7.09. The summed E-state index contributed by atoms with van der Waals surface area (Å²) >= 11 is 0. The van der Waals surface area contributed by atoms with Crippen molar-refractivity contribution in [2.45, 2.75) is 56.8 Å². The fraction of sp³-hybridized carbons (Fsp3) is 0.696. The Morgan fingerprint density at radius 1 is 0.931 bits per heavy atom. The van der Waals surface area contributed by atoms with Crippen LogP contribution in [0.25, 0.3) is 0 Å². The van der Waals surface area contributed by atoms with Crippen molar-refractivity contribution >= 4 is 15.9 Å². The predicted octanol–water partition coefficient (Wildman–Crippen LogP) is 3.43. The van der Waals surface area contributed by atoms with Gasteiger partial charge in [-0.05, 0) is 80.8 Å². The number of carbonyl (C=O) groups is 1. The first-order valence-corrected chi connectivity index (χ1v) is 12.6. The molecule has 1 heterocycles. The van der Waals surface area contributed by atoms with Crippen LogP contribution < -0.4 is 0 Å². The van der Waals surface area contributed by atoms with E-state index in [0.29, 0.717) is 37.5 Å². The van der Waals surface area contributed by atoms with Crippen LogP contribution in [0.3, 0.4) is 0 Å². The van der Waals surface area contributed by atoms with Crippen molar-refractivity contribution in [1.82, 2.24) is 9.21 Å². The Hall–Kier alpha value is -1.40. The monoisotopic (exact) mass is 416 g/mol. The third kappa shape index (κ3) is 3.63. The van der Waals surface area contributed by atoms with Gasteiger partial charge < -0.3 is 4.90 Å². The molecule has 158 valence electrons. The Morgan fingerprint density at radius 2 is 1.45 bits per heavy atom. The zero-order chi connectivity index (χ0) is 20.2. The topological polar surface area (TPSA) is 57.7 Å². The summed E-state index contributed by atoms with van der Waals surface area (Å²) < 4.78 is 27.3. The Morgan fingerprint density at radius 3 is 1.97 bits per heavy atom. The van der Waals surface area contributed by atoms with E-state index in [1.54, 1.807) is 12.1 Å². The number of piperazine rings is 1. The summed E-state index contributed by atoms with van der Waals surface area (Å²) in [5, 5.41) is 0. The minimum atomic E-state index is -3.48. The first-order chi connectivity index (χ1) is 13.8. The lowest BCUT2D eigenvalue weighted by Gasteiger charge is -2.57. The van der Waals surface area contributed by atoms with E-state index < -0.39 is 10.0 Å². The van der Waals surface area contributed by atoms with Crippen molar-refractivity contribution in [3.8, 4) is 0 Å². The zero-order valence-electron chi connectivity index (χ0n) is 17.3. The van der Waals surface area contributed by atoms with Gasteiger partial charge in [0.25, 0.3) is 0 Å². The maximum Gasteiger partial charge on any atom is 0.243 e. The van der Waals surface area contributed by atoms with Gasteiger partial charge in [-0.1, -0.05) is 17.7 Å². The molecule has 29 heavy (non-hydrogen) atoms. The molecule has 1 saturated heterocycles. The second-order valence-corrected chi connectivity index (χ2v) is 12.1. The zero-order valence-corrected chi connectivity index (χ0v) is 18.2. The number of aryl methyl sites for hydroxylation is 1. The molecule has 0 radical (unpaired) electrons. The molecule has 1 aromatic rings. The van der Waals surface area contributed by atoms with Crippen molar-refractivity contribution in [3.05, 3.63) is 29.8 Å². The lowest BCUT2D eigenvalue weighted by molar-refractivity contribution is -0.140. The molecule has 5 aliphatic rings. The van der Waals surface area contributed by atoms with Gasteiger partial charge in [-0.2, -0.15) is 4.31 Å². The van der Waals surface area contributed by atoms with Crippen LogP contribution in [0.1, 0.15) is 50.5 Å². The number of benzene rings is 1. The molecule has 5 nitrogen and oxygen atoms in total. The van der Waals surface area contributed by atoms with Gasteiger partial charge in [0.15, 0.2) is 0 Å². The Bertz CT molecular complexity index is 850. The molecular weight excluding hydrogens is 384 g/mol. The number of rotatable bonds is 4. The molecule has 4 saturated carbocycles. The molecule has 0 aromatic heterocycles. The van der Waals surface area contributed by atoms with Gasteiger partial charge in [-0.25, -0.2) is 8.42 Å². The van der Waals surface area contributed by atoms with E-state index in [9.17, 15) is 13.2 Å². The van der Waals surface area contributed by atoms with E-state index in [1.165, 1.54) is 42.8 Å². The Labute approximate surface area is 174 Å². The third-order valence-electron chi connectivity index (χ3n) is 7.94. The molecule has 6 heteroatoms. The average molecular weight is 417 g/mol. The van der Waals surface area contributed by atoms with Crippen LogP contribution in [0.2, 0.25) is 0 Å². The maximum absolute atomic E-state index is 13.1. The van der Waals surface area contributed by atoms with Crippen molar-refractivity contribution < 1.29 is 13.2 Å². The van der Waals surface area contributed by atoms with Gasteiger partial charge in [0, 0.05) is 32.6 Å². The van der Waals surface area contributed by atoms with Crippen molar-refractivity contribution in [3.63, 3.8) is 0 Å². The van der Waals surface area contributed by atoms with Gasteiger partial charge in [0.05, 0.1) is 4.90 Å². The average Bonchev–Trinajstić information content (AvgIpc) is 2.67. The molecule has 0 atom stereocenters. The molecule has 6 rings (SSSR count). The van der Waals surface area contributed by atoms with Crippen LogP contribution in [0.15, 0.2) is 29.2 Å². The van der Waals surface area contributed by atoms with Gasteiger partial charge in [0.2, 0.25) is 15.9 Å². The fourth-order valence-electron chi connectivity index (χ4n) is 6.98. The smallest absolute Gasteiger partial charge is 0.243 e. The fourth-order valence-corrected chi connectivity index (χ4v) is 8.40. The van der Waals surface area contributed by atoms with Gasteiger partial charge in [-0.3, -0.25) is 4.79 Å². The normalized spacial score (nSPS) is 34.5. The van der Waals surface area contributed by atoms with Gasteiger partial charge in [-0.15, -0.1) is 0 Å². The molecule has 1 aromatic carbocycles. The SMILES string of the molecule is Cc1ccc(S(=O)(=O)N2CCN(C(=O)CC34CC5CC(CC(C5)C3)C4)CC2)cc1. The molecule has 1 amide bonds. The van der Waals surface area contributed by atoms with Crippen LogP contribution in [0, 0.1) is 30.1 Å². The number of sulfonamides is 1. The largest absolute Gasteiger partial charge is 0.340 e. The molecule has 0 unspecified atom stereocenters. The number of hydrogen-bond acceptors (Lipinski definition) is 3. The number of hydrogen-bond donors (Lipinski definition) is 0. The first kappa shape index (κ1) is 19.6. The minimum Gasteiger partial charge on any atom is -0.340 e. The predicted molar refractivity (Wildman–Crippen MR) is 112 cm³/mol. The summed E-state index contributed by atoms with van der Waals surface area (Å²) in [5.74, 6) is 2.81. The van der Waals surface area contributed by atoms with E-state index in [1.807, 2.05) is 24.0 Å². The minimum absolute atomic E-state index is 0.247. The van der Waals surface area contributed by atoms with Crippen LogP contribution in [-0.4, -0.2) is 49.7 Å². The van der Waals surface area contributed by atoms with E-state index in [0.717, 1.165) is 23.3 Å². The quantitative estimate of drug-likeness (QED) is 0.756. The highest BCUT2D eigenvalue weighted by Gasteiger charge is 2.51. The molecule has 4 bridgehead atoms. The summed E-state index contributed by atoms with van der Waals surface area (Å²) in [6, 6.07) is 7.01. The van der Waals surface area contributed by atoms with Gasteiger partial charge >= 0.3 is 0 Å². The van der Waals surface area contributed by atoms with E-state index in [2.05, 4.69) is 0 Å². The Kier molecular flexibility index (Phi) is 4.78. The summed E-state index contributed by atoms with van der Waals surface area (Å²) in [6.45, 7) is 3.75. The molecule has 0 N–H and O–H groups in total. The van der Waals surface area contributed by atoms with E-state index in [-0.39, 0.29) is 11.3 Å². The number of amides is 1. The Balaban J connectivity index is 1.21. The van der Waals surface area contributed by atoms with E-state index >= 15 is 0 Å². The maximum atomic E-state index is 13.1. The van der Waals surface area contributed by atoms with Crippen molar-refractivity contribution in [2.24, 2.45) is 23.2 Å². The molecule has 5 fully saturated rings. The van der Waals surface area contributed by atoms with Gasteiger partial charge in [0.1, 0.15) is 0 Å². The highest BCUT2D eigenvalue weighted by Crippen LogP contribution is 2.61. The van der Waals surface area contributed by atoms with Crippen LogP contribution in [0.5, 0.6) is 0 Å². The summed E-state index contributed by atoms with van der Waals surface area (Å²) in [7, 11) is -3.48.